The van der Waals surface area contributed by atoms with Crippen LogP contribution < -0.4 is 0 Å². The largest absolute Gasteiger partial charge is 0.461 e. The zero-order valence-electron chi connectivity index (χ0n) is 11.9. The predicted octanol–water partition coefficient (Wildman–Crippen LogP) is 2.96. The maximum atomic E-state index is 11.5. The Bertz CT molecular complexity index is 751. The van der Waals surface area contributed by atoms with Crippen molar-refractivity contribution >= 4 is 17.3 Å². The van der Waals surface area contributed by atoms with Gasteiger partial charge in [-0.2, -0.15) is 0 Å². The number of carbonyl (C=O) groups excluding carboxylic acids is 1. The molecule has 0 bridgehead atoms. The summed E-state index contributed by atoms with van der Waals surface area (Å²) in [6.45, 7) is 2.05. The summed E-state index contributed by atoms with van der Waals surface area (Å²) in [6.07, 6.45) is 5.33. The van der Waals surface area contributed by atoms with Crippen LogP contribution in [0.1, 0.15) is 28.9 Å². The fraction of sp³-hybridized carbons (Fsp3) is 0.200. The first-order chi connectivity index (χ1) is 10.8. The molecule has 0 unspecified atom stereocenters. The summed E-state index contributed by atoms with van der Waals surface area (Å²) in [6, 6.07) is 3.88. The minimum atomic E-state index is -0.476. The van der Waals surface area contributed by atoms with Gasteiger partial charge in [-0.15, -0.1) is 11.3 Å². The third-order valence-corrected chi connectivity index (χ3v) is 3.70. The van der Waals surface area contributed by atoms with E-state index in [2.05, 4.69) is 15.0 Å². The number of ether oxygens (including phenoxy) is 1. The van der Waals surface area contributed by atoms with Gasteiger partial charge in [-0.25, -0.2) is 9.78 Å². The number of hydrogen-bond donors (Lipinski definition) is 0. The van der Waals surface area contributed by atoms with E-state index in [0.29, 0.717) is 18.9 Å². The SMILES string of the molecule is CCOC(=O)c1coc(Cc2ccc(-c3cncs3)nc2)n1. The summed E-state index contributed by atoms with van der Waals surface area (Å²) in [7, 11) is 0. The van der Waals surface area contributed by atoms with Gasteiger partial charge in [-0.05, 0) is 18.6 Å². The lowest BCUT2D eigenvalue weighted by Crippen LogP contribution is -2.05. The van der Waals surface area contributed by atoms with Gasteiger partial charge in [0.15, 0.2) is 11.6 Å². The Morgan fingerprint density at radius 3 is 2.95 bits per heavy atom. The van der Waals surface area contributed by atoms with Gasteiger partial charge in [0.05, 0.1) is 29.1 Å². The van der Waals surface area contributed by atoms with E-state index in [-0.39, 0.29) is 5.69 Å². The van der Waals surface area contributed by atoms with Gasteiger partial charge in [-0.1, -0.05) is 6.07 Å². The Kier molecular flexibility index (Phi) is 4.24. The van der Waals surface area contributed by atoms with E-state index in [4.69, 9.17) is 9.15 Å². The molecule has 3 aromatic heterocycles. The molecular formula is C15H13N3O3S. The maximum absolute atomic E-state index is 11.5. The van der Waals surface area contributed by atoms with E-state index in [0.717, 1.165) is 16.1 Å². The molecule has 0 N–H and O–H groups in total. The molecule has 0 aliphatic rings. The highest BCUT2D eigenvalue weighted by atomic mass is 32.1. The quantitative estimate of drug-likeness (QED) is 0.674. The van der Waals surface area contributed by atoms with E-state index < -0.39 is 5.97 Å². The van der Waals surface area contributed by atoms with E-state index >= 15 is 0 Å². The fourth-order valence-corrected chi connectivity index (χ4v) is 2.48. The fourth-order valence-electron chi connectivity index (χ4n) is 1.88. The second-order valence-corrected chi connectivity index (χ2v) is 5.33. The Balaban J connectivity index is 1.70. The van der Waals surface area contributed by atoms with Crippen molar-refractivity contribution in [2.45, 2.75) is 13.3 Å². The molecule has 6 nitrogen and oxygen atoms in total. The Morgan fingerprint density at radius 2 is 2.27 bits per heavy atom. The van der Waals surface area contributed by atoms with Crippen LogP contribution in [0.4, 0.5) is 0 Å². The molecule has 0 saturated carbocycles. The predicted molar refractivity (Wildman–Crippen MR) is 80.6 cm³/mol. The van der Waals surface area contributed by atoms with Crippen molar-refractivity contribution < 1.29 is 13.9 Å². The van der Waals surface area contributed by atoms with Crippen molar-refractivity contribution in [1.82, 2.24) is 15.0 Å². The second kappa shape index (κ2) is 6.48. The number of esters is 1. The van der Waals surface area contributed by atoms with Crippen molar-refractivity contribution in [3.05, 3.63) is 53.4 Å². The van der Waals surface area contributed by atoms with Crippen LogP contribution >= 0.6 is 11.3 Å². The summed E-state index contributed by atoms with van der Waals surface area (Å²) in [5.41, 5.74) is 3.79. The molecule has 0 fully saturated rings. The van der Waals surface area contributed by atoms with E-state index in [1.165, 1.54) is 6.26 Å². The first-order valence-corrected chi connectivity index (χ1v) is 7.59. The Morgan fingerprint density at radius 1 is 1.36 bits per heavy atom. The minimum absolute atomic E-state index is 0.186. The molecule has 0 amide bonds. The number of rotatable bonds is 5. The molecule has 0 saturated heterocycles. The van der Waals surface area contributed by atoms with Crippen molar-refractivity contribution in [3.63, 3.8) is 0 Å². The van der Waals surface area contributed by atoms with Gasteiger partial charge in [0.25, 0.3) is 0 Å². The number of pyridine rings is 1. The lowest BCUT2D eigenvalue weighted by Gasteiger charge is -1.99. The Hall–Kier alpha value is -2.54. The first kappa shape index (κ1) is 14.4. The summed E-state index contributed by atoms with van der Waals surface area (Å²) in [5, 5.41) is 0. The molecule has 3 heterocycles. The van der Waals surface area contributed by atoms with Gasteiger partial charge in [0.1, 0.15) is 6.26 Å². The molecule has 3 rings (SSSR count). The van der Waals surface area contributed by atoms with Crippen LogP contribution in [0.15, 0.2) is 40.7 Å². The van der Waals surface area contributed by atoms with Crippen LogP contribution in [0.2, 0.25) is 0 Å². The molecule has 0 aliphatic carbocycles. The number of thiazole rings is 1. The van der Waals surface area contributed by atoms with Crippen LogP contribution in [0.3, 0.4) is 0 Å². The lowest BCUT2D eigenvalue weighted by atomic mass is 10.2. The standard InChI is InChI=1S/C15H13N3O3S/c1-2-20-15(19)12-8-21-14(18-12)5-10-3-4-11(17-6-10)13-7-16-9-22-13/h3-4,6-9H,2,5H2,1H3. The topological polar surface area (TPSA) is 78.1 Å². The highest BCUT2D eigenvalue weighted by Crippen LogP contribution is 2.21. The Labute approximate surface area is 130 Å². The molecule has 0 aromatic carbocycles. The molecule has 7 heteroatoms. The van der Waals surface area contributed by atoms with Crippen molar-refractivity contribution in [2.24, 2.45) is 0 Å². The summed E-state index contributed by atoms with van der Waals surface area (Å²) >= 11 is 1.54. The third-order valence-electron chi connectivity index (χ3n) is 2.90. The molecule has 0 spiro atoms. The second-order valence-electron chi connectivity index (χ2n) is 4.44. The minimum Gasteiger partial charge on any atom is -0.461 e. The van der Waals surface area contributed by atoms with Gasteiger partial charge in [-0.3, -0.25) is 9.97 Å². The van der Waals surface area contributed by atoms with Crippen molar-refractivity contribution in [3.8, 4) is 10.6 Å². The molecule has 0 atom stereocenters. The average Bonchev–Trinajstić information content (AvgIpc) is 3.19. The molecule has 0 radical (unpaired) electrons. The van der Waals surface area contributed by atoms with Crippen LogP contribution in [0, 0.1) is 0 Å². The van der Waals surface area contributed by atoms with Gasteiger partial charge in [0.2, 0.25) is 0 Å². The van der Waals surface area contributed by atoms with E-state index in [9.17, 15) is 4.79 Å². The number of oxazole rings is 1. The average molecular weight is 315 g/mol. The van der Waals surface area contributed by atoms with Crippen LogP contribution in [-0.4, -0.2) is 27.5 Å². The molecule has 22 heavy (non-hydrogen) atoms. The summed E-state index contributed by atoms with van der Waals surface area (Å²) in [4.78, 5) is 25.1. The zero-order valence-corrected chi connectivity index (χ0v) is 12.7. The molecule has 3 aromatic rings. The maximum Gasteiger partial charge on any atom is 0.360 e. The van der Waals surface area contributed by atoms with Gasteiger partial charge >= 0.3 is 5.97 Å². The van der Waals surface area contributed by atoms with Gasteiger partial charge in [0, 0.05) is 12.4 Å². The number of aromatic nitrogens is 3. The molecule has 112 valence electrons. The third kappa shape index (κ3) is 3.20. The van der Waals surface area contributed by atoms with Crippen molar-refractivity contribution in [2.75, 3.05) is 6.61 Å². The van der Waals surface area contributed by atoms with Crippen molar-refractivity contribution in [1.29, 1.82) is 0 Å². The zero-order chi connectivity index (χ0) is 15.4. The normalized spacial score (nSPS) is 10.6. The van der Waals surface area contributed by atoms with Crippen LogP contribution in [-0.2, 0) is 11.2 Å². The number of hydrogen-bond acceptors (Lipinski definition) is 7. The van der Waals surface area contributed by atoms with E-state index in [1.54, 1.807) is 36.2 Å². The first-order valence-electron chi connectivity index (χ1n) is 6.71. The highest BCUT2D eigenvalue weighted by Gasteiger charge is 2.13. The number of carbonyl (C=O) groups is 1. The summed E-state index contributed by atoms with van der Waals surface area (Å²) < 4.78 is 10.2. The summed E-state index contributed by atoms with van der Waals surface area (Å²) in [5.74, 6) is -0.0217. The monoisotopic (exact) mass is 315 g/mol. The molecular weight excluding hydrogens is 302 g/mol. The number of nitrogens with zero attached hydrogens (tertiary/aromatic N) is 3. The van der Waals surface area contributed by atoms with E-state index in [1.807, 2.05) is 12.1 Å². The smallest absolute Gasteiger partial charge is 0.360 e. The van der Waals surface area contributed by atoms with Crippen LogP contribution in [0.5, 0.6) is 0 Å². The molecule has 0 aliphatic heterocycles. The highest BCUT2D eigenvalue weighted by molar-refractivity contribution is 7.13. The van der Waals surface area contributed by atoms with Crippen LogP contribution in [0.25, 0.3) is 10.6 Å². The lowest BCUT2D eigenvalue weighted by molar-refractivity contribution is 0.0519. The van der Waals surface area contributed by atoms with Gasteiger partial charge < -0.3 is 9.15 Å².